The first kappa shape index (κ1) is 32.6. The van der Waals surface area contributed by atoms with Crippen molar-refractivity contribution in [1.82, 2.24) is 15.0 Å². The summed E-state index contributed by atoms with van der Waals surface area (Å²) in [6, 6.07) is 18.7. The van der Waals surface area contributed by atoms with Gasteiger partial charge in [-0.25, -0.2) is 4.79 Å². The number of carbonyl (C=O) groups is 1. The lowest BCUT2D eigenvalue weighted by molar-refractivity contribution is -0.152. The van der Waals surface area contributed by atoms with Gasteiger partial charge in [0.25, 0.3) is 0 Å². The molecule has 14 heteroatoms. The van der Waals surface area contributed by atoms with E-state index >= 15 is 0 Å². The Morgan fingerprint density at radius 2 is 1.40 bits per heavy atom. The van der Waals surface area contributed by atoms with Crippen molar-refractivity contribution >= 4 is 17.9 Å². The molecule has 0 atom stereocenters. The molecule has 0 saturated carbocycles. The Morgan fingerprint density at radius 1 is 0.800 bits per heavy atom. The highest BCUT2D eigenvalue weighted by Gasteiger charge is 2.30. The molecule has 1 heterocycles. The number of nitrogens with one attached hydrogen (secondary N) is 2. The van der Waals surface area contributed by atoms with Gasteiger partial charge >= 0.3 is 18.2 Å². The third kappa shape index (κ3) is 9.61. The van der Waals surface area contributed by atoms with Crippen LogP contribution >= 0.6 is 0 Å². The summed E-state index contributed by atoms with van der Waals surface area (Å²) in [5.41, 5.74) is -0.671. The van der Waals surface area contributed by atoms with Crippen LogP contribution in [0.2, 0.25) is 0 Å². The third-order valence-corrected chi connectivity index (χ3v) is 6.27. The van der Waals surface area contributed by atoms with E-state index in [1.807, 2.05) is 24.3 Å². The largest absolute Gasteiger partial charge is 0.496 e. The van der Waals surface area contributed by atoms with Crippen LogP contribution in [0.4, 0.5) is 25.1 Å². The standard InChI is InChI=1S/C31H32F3N5O6/c1-30(2,26(40)41)45-24-14-12-23(13-15-24)43-16-17-44-29-38-27(35-18-20-8-10-22(11-9-20)31(32,33)34)37-28(39-29)36-19-21-6-4-5-7-25(21)42-3/h4-15H,16-19H2,1-3H3,(H,40,41)(H2,35,36,37,38,39). The molecule has 0 unspecified atom stereocenters. The van der Waals surface area contributed by atoms with Crippen molar-refractivity contribution in [2.24, 2.45) is 0 Å². The molecule has 0 amide bonds. The maximum absolute atomic E-state index is 12.9. The number of aliphatic carboxylic acids is 1. The minimum atomic E-state index is -4.42. The number of rotatable bonds is 15. The fraction of sp³-hybridized carbons (Fsp3) is 0.290. The highest BCUT2D eigenvalue weighted by Crippen LogP contribution is 2.29. The number of para-hydroxylation sites is 1. The van der Waals surface area contributed by atoms with Gasteiger partial charge in [0, 0.05) is 18.7 Å². The maximum Gasteiger partial charge on any atom is 0.416 e. The fourth-order valence-corrected chi connectivity index (χ4v) is 3.83. The molecular formula is C31H32F3N5O6. The summed E-state index contributed by atoms with van der Waals surface area (Å²) < 4.78 is 61.0. The van der Waals surface area contributed by atoms with Gasteiger partial charge in [0.15, 0.2) is 5.60 Å². The molecule has 0 spiro atoms. The van der Waals surface area contributed by atoms with Crippen molar-refractivity contribution in [3.05, 3.63) is 89.5 Å². The molecule has 45 heavy (non-hydrogen) atoms. The van der Waals surface area contributed by atoms with Gasteiger partial charge in [-0.15, -0.1) is 0 Å². The third-order valence-electron chi connectivity index (χ3n) is 6.27. The quantitative estimate of drug-likeness (QED) is 0.138. The van der Waals surface area contributed by atoms with E-state index in [0.29, 0.717) is 29.4 Å². The number of nitrogens with zero attached hydrogens (tertiary/aromatic N) is 3. The molecule has 3 N–H and O–H groups in total. The number of benzene rings is 3. The number of halogens is 3. The molecule has 0 saturated heterocycles. The van der Waals surface area contributed by atoms with E-state index in [9.17, 15) is 23.1 Å². The van der Waals surface area contributed by atoms with Gasteiger partial charge in [0.1, 0.15) is 30.5 Å². The smallest absolute Gasteiger partial charge is 0.416 e. The van der Waals surface area contributed by atoms with Crippen molar-refractivity contribution in [3.63, 3.8) is 0 Å². The van der Waals surface area contributed by atoms with Gasteiger partial charge in [-0.05, 0) is 61.9 Å². The second-order valence-electron chi connectivity index (χ2n) is 10.1. The van der Waals surface area contributed by atoms with Crippen LogP contribution in [-0.4, -0.2) is 52.0 Å². The van der Waals surface area contributed by atoms with E-state index in [1.165, 1.54) is 26.0 Å². The zero-order chi connectivity index (χ0) is 32.5. The van der Waals surface area contributed by atoms with Crippen molar-refractivity contribution in [2.75, 3.05) is 31.0 Å². The van der Waals surface area contributed by atoms with Crippen LogP contribution in [0.15, 0.2) is 72.8 Å². The van der Waals surface area contributed by atoms with E-state index in [2.05, 4.69) is 25.6 Å². The van der Waals surface area contributed by atoms with E-state index in [4.69, 9.17) is 18.9 Å². The number of hydrogen-bond acceptors (Lipinski definition) is 10. The van der Waals surface area contributed by atoms with Crippen molar-refractivity contribution in [3.8, 4) is 23.3 Å². The molecule has 0 aliphatic heterocycles. The van der Waals surface area contributed by atoms with Gasteiger partial charge in [0.2, 0.25) is 11.9 Å². The van der Waals surface area contributed by atoms with Gasteiger partial charge in [-0.2, -0.15) is 28.1 Å². The lowest BCUT2D eigenvalue weighted by Gasteiger charge is -2.21. The van der Waals surface area contributed by atoms with Crippen LogP contribution < -0.4 is 29.6 Å². The Kier molecular flexibility index (Phi) is 10.5. The Labute approximate surface area is 257 Å². The lowest BCUT2D eigenvalue weighted by atomic mass is 10.1. The van der Waals surface area contributed by atoms with Gasteiger partial charge in [0.05, 0.1) is 12.7 Å². The molecule has 4 aromatic rings. The number of aromatic nitrogens is 3. The minimum absolute atomic E-state index is 0.00861. The summed E-state index contributed by atoms with van der Waals surface area (Å²) in [6.45, 7) is 3.59. The summed E-state index contributed by atoms with van der Waals surface area (Å²) in [5.74, 6) is 0.811. The Hall–Kier alpha value is -5.27. The van der Waals surface area contributed by atoms with Crippen LogP contribution in [0.3, 0.4) is 0 Å². The molecule has 4 rings (SSSR count). The highest BCUT2D eigenvalue weighted by molar-refractivity contribution is 5.76. The Bertz CT molecular complexity index is 1570. The van der Waals surface area contributed by atoms with Crippen molar-refractivity contribution in [2.45, 2.75) is 38.7 Å². The Balaban J connectivity index is 1.39. The van der Waals surface area contributed by atoms with E-state index in [1.54, 1.807) is 31.4 Å². The average Bonchev–Trinajstić information content (AvgIpc) is 3.01. The molecule has 0 aliphatic rings. The van der Waals surface area contributed by atoms with Crippen molar-refractivity contribution in [1.29, 1.82) is 0 Å². The van der Waals surface area contributed by atoms with Crippen LogP contribution in [-0.2, 0) is 24.1 Å². The first-order valence-corrected chi connectivity index (χ1v) is 13.7. The predicted molar refractivity (Wildman–Crippen MR) is 159 cm³/mol. The van der Waals surface area contributed by atoms with Crippen LogP contribution in [0.25, 0.3) is 0 Å². The molecule has 0 fully saturated rings. The first-order valence-electron chi connectivity index (χ1n) is 13.7. The van der Waals surface area contributed by atoms with E-state index in [-0.39, 0.29) is 37.7 Å². The predicted octanol–water partition coefficient (Wildman–Crippen LogP) is 5.82. The monoisotopic (exact) mass is 627 g/mol. The first-order chi connectivity index (χ1) is 21.4. The fourth-order valence-electron chi connectivity index (χ4n) is 3.83. The number of alkyl halides is 3. The number of anilines is 2. The number of hydrogen-bond donors (Lipinski definition) is 3. The Morgan fingerprint density at radius 3 is 2.02 bits per heavy atom. The zero-order valence-corrected chi connectivity index (χ0v) is 24.7. The van der Waals surface area contributed by atoms with Crippen molar-refractivity contribution < 1.29 is 42.0 Å². The summed E-state index contributed by atoms with van der Waals surface area (Å²) in [6.07, 6.45) is -4.42. The second kappa shape index (κ2) is 14.5. The second-order valence-corrected chi connectivity index (χ2v) is 10.1. The maximum atomic E-state index is 12.9. The molecule has 0 bridgehead atoms. The number of ether oxygens (including phenoxy) is 4. The molecule has 1 aromatic heterocycles. The molecule has 238 valence electrons. The van der Waals surface area contributed by atoms with Gasteiger partial charge in [-0.1, -0.05) is 30.3 Å². The summed E-state index contributed by atoms with van der Waals surface area (Å²) in [5, 5.41) is 15.3. The molecule has 0 aliphatic carbocycles. The average molecular weight is 628 g/mol. The SMILES string of the molecule is COc1ccccc1CNc1nc(NCc2ccc(C(F)(F)F)cc2)nc(OCCOc2ccc(OC(C)(C)C(=O)O)cc2)n1. The summed E-state index contributed by atoms with van der Waals surface area (Å²) >= 11 is 0. The van der Waals surface area contributed by atoms with E-state index < -0.39 is 23.3 Å². The van der Waals surface area contributed by atoms with E-state index in [0.717, 1.165) is 17.7 Å². The topological polar surface area (TPSA) is 137 Å². The molecular weight excluding hydrogens is 595 g/mol. The minimum Gasteiger partial charge on any atom is -0.496 e. The number of carboxylic acids is 1. The lowest BCUT2D eigenvalue weighted by Crippen LogP contribution is -2.37. The van der Waals surface area contributed by atoms with Crippen LogP contribution in [0, 0.1) is 0 Å². The highest BCUT2D eigenvalue weighted by atomic mass is 19.4. The van der Waals surface area contributed by atoms with Crippen LogP contribution in [0.5, 0.6) is 23.3 Å². The summed E-state index contributed by atoms with van der Waals surface area (Å²) in [7, 11) is 1.57. The molecule has 11 nitrogen and oxygen atoms in total. The zero-order valence-electron chi connectivity index (χ0n) is 24.7. The summed E-state index contributed by atoms with van der Waals surface area (Å²) in [4.78, 5) is 24.2. The van der Waals surface area contributed by atoms with Gasteiger partial charge < -0.3 is 34.7 Å². The number of methoxy groups -OCH3 is 1. The molecule has 3 aromatic carbocycles. The molecule has 0 radical (unpaired) electrons. The normalized spacial score (nSPS) is 11.4. The number of carboxylic acid groups (broad SMARTS) is 1. The van der Waals surface area contributed by atoms with Gasteiger partial charge in [-0.3, -0.25) is 0 Å². The van der Waals surface area contributed by atoms with Crippen LogP contribution in [0.1, 0.15) is 30.5 Å².